The van der Waals surface area contributed by atoms with E-state index in [1.54, 1.807) is 30.6 Å². The summed E-state index contributed by atoms with van der Waals surface area (Å²) in [7, 11) is 0. The second-order valence-electron chi connectivity index (χ2n) is 5.25. The van der Waals surface area contributed by atoms with Crippen LogP contribution in [0.5, 0.6) is 5.75 Å². The molecule has 122 valence electrons. The van der Waals surface area contributed by atoms with E-state index < -0.39 is 0 Å². The standard InChI is InChI=1S/C18H13N5O2/c24-16-14(6-5-12-3-1-2-4-15(12)16)11-20-22-18-21-17(23-25-18)13-7-9-19-10-8-13/h1-11,24H,(H,21,22,23)/b20-11+. The molecule has 0 unspecified atom stereocenters. The maximum Gasteiger partial charge on any atom is 0.342 e. The zero-order valence-corrected chi connectivity index (χ0v) is 13.0. The molecule has 2 N–H and O–H groups in total. The van der Waals surface area contributed by atoms with Crippen molar-refractivity contribution in [1.29, 1.82) is 0 Å². The van der Waals surface area contributed by atoms with Crippen LogP contribution >= 0.6 is 0 Å². The van der Waals surface area contributed by atoms with Crippen LogP contribution in [0.4, 0.5) is 6.01 Å². The highest BCUT2D eigenvalue weighted by Gasteiger charge is 2.07. The Morgan fingerprint density at radius 1 is 1.04 bits per heavy atom. The molecule has 0 aliphatic carbocycles. The molecule has 0 spiro atoms. The van der Waals surface area contributed by atoms with Gasteiger partial charge in [0.25, 0.3) is 0 Å². The van der Waals surface area contributed by atoms with Gasteiger partial charge >= 0.3 is 6.01 Å². The number of nitrogens with one attached hydrogen (secondary N) is 1. The number of nitrogens with zero attached hydrogens (tertiary/aromatic N) is 4. The van der Waals surface area contributed by atoms with Gasteiger partial charge in [0.1, 0.15) is 5.75 Å². The lowest BCUT2D eigenvalue weighted by Crippen LogP contribution is -1.92. The van der Waals surface area contributed by atoms with Gasteiger partial charge in [-0.15, -0.1) is 0 Å². The van der Waals surface area contributed by atoms with Gasteiger partial charge in [0, 0.05) is 28.9 Å². The number of hydrogen-bond donors (Lipinski definition) is 2. The molecule has 2 heterocycles. The van der Waals surface area contributed by atoms with E-state index >= 15 is 0 Å². The molecular weight excluding hydrogens is 318 g/mol. The minimum absolute atomic E-state index is 0.156. The molecule has 7 heteroatoms. The molecule has 7 nitrogen and oxygen atoms in total. The normalized spacial score (nSPS) is 11.2. The van der Waals surface area contributed by atoms with Crippen molar-refractivity contribution < 1.29 is 9.63 Å². The van der Waals surface area contributed by atoms with Gasteiger partial charge in [-0.1, -0.05) is 35.5 Å². The van der Waals surface area contributed by atoms with Crippen LogP contribution in [-0.2, 0) is 0 Å². The molecule has 0 amide bonds. The highest BCUT2D eigenvalue weighted by molar-refractivity contribution is 5.97. The first-order valence-electron chi connectivity index (χ1n) is 7.55. The van der Waals surface area contributed by atoms with Gasteiger partial charge in [-0.2, -0.15) is 10.1 Å². The van der Waals surface area contributed by atoms with Crippen molar-refractivity contribution in [2.75, 3.05) is 5.43 Å². The number of aromatic hydroxyl groups is 1. The number of aromatic nitrogens is 3. The number of pyridine rings is 1. The number of benzene rings is 2. The Hall–Kier alpha value is -3.74. The maximum atomic E-state index is 10.3. The molecule has 4 rings (SSSR count). The third kappa shape index (κ3) is 3.02. The summed E-state index contributed by atoms with van der Waals surface area (Å²) in [5.41, 5.74) is 4.04. The lowest BCUT2D eigenvalue weighted by Gasteiger charge is -2.03. The Labute approximate surface area is 142 Å². The van der Waals surface area contributed by atoms with Crippen LogP contribution in [0.3, 0.4) is 0 Å². The van der Waals surface area contributed by atoms with Crippen molar-refractivity contribution in [2.24, 2.45) is 5.10 Å². The summed E-state index contributed by atoms with van der Waals surface area (Å²) >= 11 is 0. The van der Waals surface area contributed by atoms with Crippen LogP contribution in [-0.4, -0.2) is 26.4 Å². The first-order valence-corrected chi connectivity index (χ1v) is 7.55. The minimum Gasteiger partial charge on any atom is -0.507 e. The van der Waals surface area contributed by atoms with Gasteiger partial charge in [-0.05, 0) is 23.6 Å². The highest BCUT2D eigenvalue weighted by Crippen LogP contribution is 2.27. The van der Waals surface area contributed by atoms with Gasteiger partial charge in [-0.3, -0.25) is 4.98 Å². The molecule has 2 aromatic carbocycles. The molecule has 25 heavy (non-hydrogen) atoms. The number of hydrogen-bond acceptors (Lipinski definition) is 7. The zero-order chi connectivity index (χ0) is 17.1. The molecule has 0 radical (unpaired) electrons. The first-order chi connectivity index (χ1) is 12.3. The van der Waals surface area contributed by atoms with Gasteiger partial charge in [0.2, 0.25) is 5.82 Å². The zero-order valence-electron chi connectivity index (χ0n) is 13.0. The quantitative estimate of drug-likeness (QED) is 0.439. The van der Waals surface area contributed by atoms with E-state index in [9.17, 15) is 5.11 Å². The Morgan fingerprint density at radius 3 is 2.76 bits per heavy atom. The number of anilines is 1. The third-order valence-electron chi connectivity index (χ3n) is 3.66. The fraction of sp³-hybridized carbons (Fsp3) is 0. The fourth-order valence-electron chi connectivity index (χ4n) is 2.42. The smallest absolute Gasteiger partial charge is 0.342 e. The van der Waals surface area contributed by atoms with Crippen LogP contribution in [0.25, 0.3) is 22.2 Å². The van der Waals surface area contributed by atoms with Crippen molar-refractivity contribution in [1.82, 2.24) is 15.1 Å². The Bertz CT molecular complexity index is 1040. The Morgan fingerprint density at radius 2 is 1.88 bits per heavy atom. The van der Waals surface area contributed by atoms with Gasteiger partial charge in [-0.25, -0.2) is 5.43 Å². The summed E-state index contributed by atoms with van der Waals surface area (Å²) in [4.78, 5) is 8.13. The number of phenolic OH excluding ortho intramolecular Hbond substituents is 1. The third-order valence-corrected chi connectivity index (χ3v) is 3.66. The summed E-state index contributed by atoms with van der Waals surface area (Å²) in [6, 6.07) is 15.0. The Balaban J connectivity index is 1.52. The van der Waals surface area contributed by atoms with Crippen molar-refractivity contribution >= 4 is 23.0 Å². The van der Waals surface area contributed by atoms with Crippen LogP contribution in [0.2, 0.25) is 0 Å². The molecule has 0 saturated carbocycles. The first kappa shape index (κ1) is 14.8. The Kier molecular flexibility index (Phi) is 3.80. The van der Waals surface area contributed by atoms with Gasteiger partial charge < -0.3 is 9.63 Å². The van der Waals surface area contributed by atoms with Crippen LogP contribution in [0, 0.1) is 0 Å². The molecule has 0 aliphatic rings. The van der Waals surface area contributed by atoms with Crippen molar-refractivity contribution in [2.45, 2.75) is 0 Å². The molecule has 4 aromatic rings. The monoisotopic (exact) mass is 331 g/mol. The predicted octanol–water partition coefficient (Wildman–Crippen LogP) is 3.44. The number of phenols is 1. The summed E-state index contributed by atoms with van der Waals surface area (Å²) in [6.45, 7) is 0. The average Bonchev–Trinajstić information content (AvgIpc) is 3.13. The molecular formula is C18H13N5O2. The van der Waals surface area contributed by atoms with Gasteiger partial charge in [0.15, 0.2) is 0 Å². The molecule has 0 saturated heterocycles. The topological polar surface area (TPSA) is 96.4 Å². The maximum absolute atomic E-state index is 10.3. The number of rotatable bonds is 4. The number of hydrazone groups is 1. The molecule has 0 fully saturated rings. The lowest BCUT2D eigenvalue weighted by atomic mass is 10.1. The largest absolute Gasteiger partial charge is 0.507 e. The van der Waals surface area contributed by atoms with Crippen molar-refractivity contribution in [3.05, 3.63) is 66.5 Å². The van der Waals surface area contributed by atoms with E-state index in [1.165, 1.54) is 6.21 Å². The van der Waals surface area contributed by atoms with Crippen LogP contribution in [0.15, 0.2) is 70.5 Å². The van der Waals surface area contributed by atoms with E-state index in [4.69, 9.17) is 4.52 Å². The molecule has 2 aromatic heterocycles. The summed E-state index contributed by atoms with van der Waals surface area (Å²) in [5.74, 6) is 0.611. The summed E-state index contributed by atoms with van der Waals surface area (Å²) in [5, 5.41) is 20.0. The van der Waals surface area contributed by atoms with E-state index in [1.807, 2.05) is 30.3 Å². The van der Waals surface area contributed by atoms with E-state index in [0.29, 0.717) is 11.4 Å². The number of fused-ring (bicyclic) bond motifs is 1. The SMILES string of the molecule is Oc1c(/C=N/Nc2nc(-c3ccncc3)no2)ccc2ccccc12. The van der Waals surface area contributed by atoms with Crippen LogP contribution < -0.4 is 5.43 Å². The van der Waals surface area contributed by atoms with Crippen molar-refractivity contribution in [3.8, 4) is 17.1 Å². The minimum atomic E-state index is 0.156. The molecule has 0 bridgehead atoms. The van der Waals surface area contributed by atoms with E-state index in [2.05, 4.69) is 25.7 Å². The van der Waals surface area contributed by atoms with E-state index in [-0.39, 0.29) is 11.8 Å². The van der Waals surface area contributed by atoms with Gasteiger partial charge in [0.05, 0.1) is 6.21 Å². The molecule has 0 atom stereocenters. The van der Waals surface area contributed by atoms with Crippen molar-refractivity contribution in [3.63, 3.8) is 0 Å². The average molecular weight is 331 g/mol. The van der Waals surface area contributed by atoms with E-state index in [0.717, 1.165) is 16.3 Å². The van der Waals surface area contributed by atoms with Crippen LogP contribution in [0.1, 0.15) is 5.56 Å². The highest BCUT2D eigenvalue weighted by atomic mass is 16.5. The second kappa shape index (κ2) is 6.40. The fourth-order valence-corrected chi connectivity index (χ4v) is 2.42. The summed E-state index contributed by atoms with van der Waals surface area (Å²) < 4.78 is 5.09. The predicted molar refractivity (Wildman–Crippen MR) is 94.4 cm³/mol. The lowest BCUT2D eigenvalue weighted by molar-refractivity contribution is 0.433. The summed E-state index contributed by atoms with van der Waals surface area (Å²) in [6.07, 6.45) is 4.80. The molecule has 0 aliphatic heterocycles. The second-order valence-corrected chi connectivity index (χ2v) is 5.25.